The Morgan fingerprint density at radius 3 is 2.69 bits per heavy atom. The van der Waals surface area contributed by atoms with Gasteiger partial charge in [-0.3, -0.25) is 0 Å². The van der Waals surface area contributed by atoms with Crippen LogP contribution >= 0.6 is 0 Å². The zero-order chi connectivity index (χ0) is 27.2. The third-order valence-electron chi connectivity index (χ3n) is 6.61. The first-order chi connectivity index (χ1) is 19.0. The minimum absolute atomic E-state index is 0.0621. The first-order valence-electron chi connectivity index (χ1n) is 12.9. The molecule has 3 aromatic carbocycles. The number of phenolic OH excluding ortho intramolecular Hbond substituents is 1. The normalized spacial score (nSPS) is 15.5. The number of halogens is 1. The van der Waals surface area contributed by atoms with E-state index in [-0.39, 0.29) is 23.6 Å². The van der Waals surface area contributed by atoms with Crippen molar-refractivity contribution in [3.8, 4) is 16.9 Å². The fourth-order valence-corrected chi connectivity index (χ4v) is 4.45. The smallest absolute Gasteiger partial charge is 0.245 e. The van der Waals surface area contributed by atoms with E-state index in [0.717, 1.165) is 40.0 Å². The standard InChI is InChI=1S/C30H31FN6O2/c1-3-27-19-37(13-14-39-27)29-28(31)18-32-30(35-29)36-33-17-23-9-12-25(15-20(23)2)34-24-10-7-21(8-11-24)22-5-4-6-26(38)16-22/h4-12,15-18,27,34,38H,3,13-14,19H2,1-2H3,(H,32,35,36)/b33-17+. The van der Waals surface area contributed by atoms with Crippen LogP contribution in [0.5, 0.6) is 5.75 Å². The number of hydrazone groups is 1. The van der Waals surface area contributed by atoms with Crippen LogP contribution in [0.25, 0.3) is 11.1 Å². The van der Waals surface area contributed by atoms with Gasteiger partial charge < -0.3 is 20.1 Å². The molecule has 0 radical (unpaired) electrons. The van der Waals surface area contributed by atoms with Gasteiger partial charge in [-0.25, -0.2) is 14.8 Å². The molecule has 0 spiro atoms. The number of benzene rings is 3. The lowest BCUT2D eigenvalue weighted by Gasteiger charge is -2.33. The molecule has 1 aliphatic heterocycles. The number of morpholine rings is 1. The molecular weight excluding hydrogens is 495 g/mol. The molecule has 9 heteroatoms. The molecule has 200 valence electrons. The van der Waals surface area contributed by atoms with Crippen molar-refractivity contribution in [1.29, 1.82) is 0 Å². The summed E-state index contributed by atoms with van der Waals surface area (Å²) in [5.41, 5.74) is 8.67. The Bertz CT molecular complexity index is 1460. The van der Waals surface area contributed by atoms with Gasteiger partial charge in [-0.05, 0) is 72.0 Å². The Morgan fingerprint density at radius 1 is 1.10 bits per heavy atom. The first kappa shape index (κ1) is 26.1. The molecule has 0 aliphatic carbocycles. The maximum Gasteiger partial charge on any atom is 0.245 e. The third-order valence-corrected chi connectivity index (χ3v) is 6.61. The number of aromatic hydroxyl groups is 1. The van der Waals surface area contributed by atoms with Gasteiger partial charge in [0.1, 0.15) is 5.75 Å². The monoisotopic (exact) mass is 526 g/mol. The molecule has 0 saturated carbocycles. The summed E-state index contributed by atoms with van der Waals surface area (Å²) in [7, 11) is 0. The molecular formula is C30H31FN6O2. The van der Waals surface area contributed by atoms with Gasteiger partial charge in [0, 0.05) is 24.5 Å². The zero-order valence-electron chi connectivity index (χ0n) is 21.9. The second-order valence-electron chi connectivity index (χ2n) is 9.41. The molecule has 1 unspecified atom stereocenters. The quantitative estimate of drug-likeness (QED) is 0.189. The number of rotatable bonds is 8. The summed E-state index contributed by atoms with van der Waals surface area (Å²) in [5.74, 6) is 0.268. The van der Waals surface area contributed by atoms with E-state index >= 15 is 0 Å². The SMILES string of the molecule is CCC1CN(c2nc(N/N=C/c3ccc(Nc4ccc(-c5cccc(O)c5)cc4)cc3C)ncc2F)CCO1. The topological polar surface area (TPSA) is 94.9 Å². The fraction of sp³-hybridized carbons (Fsp3) is 0.233. The van der Waals surface area contributed by atoms with Crippen LogP contribution in [0.15, 0.2) is 78.0 Å². The van der Waals surface area contributed by atoms with Gasteiger partial charge in [0.15, 0.2) is 11.6 Å². The highest BCUT2D eigenvalue weighted by Crippen LogP contribution is 2.26. The van der Waals surface area contributed by atoms with Crippen LogP contribution in [0.4, 0.5) is 27.5 Å². The van der Waals surface area contributed by atoms with Gasteiger partial charge >= 0.3 is 0 Å². The molecule has 1 atom stereocenters. The molecule has 3 N–H and O–H groups in total. The zero-order valence-corrected chi connectivity index (χ0v) is 21.9. The molecule has 5 rings (SSSR count). The first-order valence-corrected chi connectivity index (χ1v) is 12.9. The van der Waals surface area contributed by atoms with Crippen molar-refractivity contribution < 1.29 is 14.2 Å². The molecule has 1 aromatic heterocycles. The minimum atomic E-state index is -0.464. The summed E-state index contributed by atoms with van der Waals surface area (Å²) in [6.45, 7) is 5.76. The van der Waals surface area contributed by atoms with Crippen molar-refractivity contribution in [2.75, 3.05) is 35.3 Å². The number of hydrogen-bond donors (Lipinski definition) is 3. The summed E-state index contributed by atoms with van der Waals surface area (Å²) >= 11 is 0. The highest BCUT2D eigenvalue weighted by molar-refractivity contribution is 5.83. The third kappa shape index (κ3) is 6.50. The maximum absolute atomic E-state index is 14.4. The number of anilines is 4. The van der Waals surface area contributed by atoms with E-state index in [4.69, 9.17) is 4.74 Å². The Labute approximate surface area is 227 Å². The number of phenols is 1. The van der Waals surface area contributed by atoms with Crippen LogP contribution in [0.1, 0.15) is 24.5 Å². The Kier molecular flexibility index (Phi) is 7.98. The van der Waals surface area contributed by atoms with Crippen LogP contribution in [0, 0.1) is 12.7 Å². The number of aromatic nitrogens is 2. The van der Waals surface area contributed by atoms with Gasteiger partial charge in [-0.1, -0.05) is 37.3 Å². The van der Waals surface area contributed by atoms with Gasteiger partial charge in [0.05, 0.1) is 25.1 Å². The molecule has 4 aromatic rings. The lowest BCUT2D eigenvalue weighted by molar-refractivity contribution is 0.0379. The van der Waals surface area contributed by atoms with Crippen LogP contribution in [0.3, 0.4) is 0 Å². The number of ether oxygens (including phenoxy) is 1. The van der Waals surface area contributed by atoms with Crippen LogP contribution in [-0.2, 0) is 4.74 Å². The van der Waals surface area contributed by atoms with E-state index in [1.54, 1.807) is 18.3 Å². The van der Waals surface area contributed by atoms with E-state index in [1.807, 2.05) is 73.3 Å². The average Bonchev–Trinajstić information content (AvgIpc) is 2.95. The van der Waals surface area contributed by atoms with E-state index < -0.39 is 5.82 Å². The molecule has 1 aliphatic rings. The second-order valence-corrected chi connectivity index (χ2v) is 9.41. The van der Waals surface area contributed by atoms with Crippen molar-refractivity contribution >= 4 is 29.4 Å². The van der Waals surface area contributed by atoms with E-state index in [0.29, 0.717) is 19.7 Å². The summed E-state index contributed by atoms with van der Waals surface area (Å²) < 4.78 is 20.1. The lowest BCUT2D eigenvalue weighted by Crippen LogP contribution is -2.43. The average molecular weight is 527 g/mol. The van der Waals surface area contributed by atoms with Gasteiger partial charge in [0.25, 0.3) is 0 Å². The summed E-state index contributed by atoms with van der Waals surface area (Å²) in [4.78, 5) is 10.3. The van der Waals surface area contributed by atoms with Gasteiger partial charge in [-0.2, -0.15) is 10.1 Å². The summed E-state index contributed by atoms with van der Waals surface area (Å²) in [6.07, 6.45) is 3.78. The van der Waals surface area contributed by atoms with Crippen LogP contribution in [-0.4, -0.2) is 47.1 Å². The van der Waals surface area contributed by atoms with Gasteiger partial charge in [0.2, 0.25) is 5.95 Å². The molecule has 8 nitrogen and oxygen atoms in total. The number of nitrogens with one attached hydrogen (secondary N) is 2. The predicted molar refractivity (Wildman–Crippen MR) is 153 cm³/mol. The molecule has 0 amide bonds. The Balaban J connectivity index is 1.21. The van der Waals surface area contributed by atoms with E-state index in [2.05, 4.69) is 25.8 Å². The summed E-state index contributed by atoms with van der Waals surface area (Å²) in [5, 5.41) is 17.4. The number of nitrogens with zero attached hydrogens (tertiary/aromatic N) is 4. The molecule has 2 heterocycles. The van der Waals surface area contributed by atoms with Crippen molar-refractivity contribution in [2.45, 2.75) is 26.4 Å². The van der Waals surface area contributed by atoms with Crippen LogP contribution in [0.2, 0.25) is 0 Å². The Hall–Kier alpha value is -4.50. The Morgan fingerprint density at radius 2 is 1.92 bits per heavy atom. The minimum Gasteiger partial charge on any atom is -0.508 e. The lowest BCUT2D eigenvalue weighted by atomic mass is 10.0. The largest absolute Gasteiger partial charge is 0.508 e. The number of aryl methyl sites for hydroxylation is 1. The van der Waals surface area contributed by atoms with Crippen molar-refractivity contribution in [1.82, 2.24) is 9.97 Å². The van der Waals surface area contributed by atoms with Gasteiger partial charge in [-0.15, -0.1) is 0 Å². The number of hydrogen-bond acceptors (Lipinski definition) is 8. The highest BCUT2D eigenvalue weighted by Gasteiger charge is 2.23. The van der Waals surface area contributed by atoms with E-state index in [1.165, 1.54) is 6.20 Å². The van der Waals surface area contributed by atoms with Crippen molar-refractivity contribution in [2.24, 2.45) is 5.10 Å². The molecule has 0 bridgehead atoms. The molecule has 1 saturated heterocycles. The highest BCUT2D eigenvalue weighted by atomic mass is 19.1. The fourth-order valence-electron chi connectivity index (χ4n) is 4.45. The predicted octanol–water partition coefficient (Wildman–Crippen LogP) is 6.10. The molecule has 39 heavy (non-hydrogen) atoms. The maximum atomic E-state index is 14.4. The molecule has 1 fully saturated rings. The van der Waals surface area contributed by atoms with Crippen LogP contribution < -0.4 is 15.6 Å². The second kappa shape index (κ2) is 11.9. The van der Waals surface area contributed by atoms with E-state index in [9.17, 15) is 9.50 Å². The van der Waals surface area contributed by atoms with Crippen molar-refractivity contribution in [3.05, 3.63) is 89.9 Å². The van der Waals surface area contributed by atoms with Crippen molar-refractivity contribution in [3.63, 3.8) is 0 Å². The summed E-state index contributed by atoms with van der Waals surface area (Å²) in [6, 6.07) is 21.2.